The summed E-state index contributed by atoms with van der Waals surface area (Å²) in [7, 11) is 11.4. The normalized spacial score (nSPS) is 11.6. The summed E-state index contributed by atoms with van der Waals surface area (Å²) in [5.74, 6) is 3.29. The molecule has 0 amide bonds. The van der Waals surface area contributed by atoms with E-state index in [2.05, 4.69) is 24.3 Å². The first-order chi connectivity index (χ1) is 20.9. The lowest BCUT2D eigenvalue weighted by Crippen LogP contribution is -2.26. The molecule has 0 saturated carbocycles. The second-order valence-corrected chi connectivity index (χ2v) is 10.1. The molecule has 0 heterocycles. The minimum atomic E-state index is 0.792. The van der Waals surface area contributed by atoms with Crippen LogP contribution < -0.4 is 14.1 Å². The molecule has 0 aromatic heterocycles. The number of aliphatic imine (C=N–C) groups is 1. The fraction of sp³-hybridized carbons (Fsp3) is 0.162. The maximum Gasteiger partial charge on any atom is 0.377 e. The predicted molar refractivity (Wildman–Crippen MR) is 180 cm³/mol. The fourth-order valence-electron chi connectivity index (χ4n) is 4.40. The smallest absolute Gasteiger partial charge is 0.377 e. The molecule has 0 radical (unpaired) electrons. The van der Waals surface area contributed by atoms with Crippen molar-refractivity contribution in [2.24, 2.45) is 4.99 Å². The van der Waals surface area contributed by atoms with Crippen molar-refractivity contribution in [3.05, 3.63) is 150 Å². The number of benzene rings is 4. The highest BCUT2D eigenvalue weighted by molar-refractivity contribution is 6.12. The first-order valence-corrected chi connectivity index (χ1v) is 14.1. The summed E-state index contributed by atoms with van der Waals surface area (Å²) in [6.45, 7) is 0. The van der Waals surface area contributed by atoms with Crippen LogP contribution in [-0.4, -0.2) is 69.6 Å². The standard InChI is InChI=1S/C37H39N4O2/c1-40(2)36(30-14-9-7-10-15-30)38-34(28-20-24-32(42-5)25-21-28)18-13-19-35(29-22-26-33(43-6)27-23-29)39-37(41(3)4)31-16-11-8-12-17-31/h7-27H,1-6H3/q+1. The number of hydrogen-bond acceptors (Lipinski definition) is 3. The van der Waals surface area contributed by atoms with E-state index in [-0.39, 0.29) is 0 Å². The molecule has 0 aliphatic carbocycles. The monoisotopic (exact) mass is 571 g/mol. The number of rotatable bonds is 9. The van der Waals surface area contributed by atoms with Crippen molar-refractivity contribution in [2.75, 3.05) is 42.4 Å². The number of nitrogens with zero attached hydrogens (tertiary/aromatic N) is 4. The summed E-state index contributed by atoms with van der Waals surface area (Å²) in [5.41, 5.74) is 5.61. The van der Waals surface area contributed by atoms with Crippen molar-refractivity contribution >= 4 is 23.1 Å². The largest absolute Gasteiger partial charge is 0.497 e. The number of hydrogen-bond donors (Lipinski definition) is 0. The maximum absolute atomic E-state index is 5.40. The van der Waals surface area contributed by atoms with E-state index in [1.165, 1.54) is 0 Å². The number of allylic oxidation sites excluding steroid dienone is 3. The van der Waals surface area contributed by atoms with Crippen LogP contribution in [0.15, 0.2) is 132 Å². The first kappa shape index (κ1) is 30.6. The Kier molecular flexibility index (Phi) is 10.7. The van der Waals surface area contributed by atoms with Crippen molar-refractivity contribution < 1.29 is 9.47 Å². The molecule has 0 spiro atoms. The molecule has 6 heteroatoms. The lowest BCUT2D eigenvalue weighted by atomic mass is 10.1. The molecule has 4 aromatic rings. The van der Waals surface area contributed by atoms with E-state index < -0.39 is 0 Å². The molecule has 0 fully saturated rings. The molecule has 43 heavy (non-hydrogen) atoms. The van der Waals surface area contributed by atoms with Crippen LogP contribution >= 0.6 is 0 Å². The van der Waals surface area contributed by atoms with Gasteiger partial charge in [-0.1, -0.05) is 54.6 Å². The van der Waals surface area contributed by atoms with Crippen molar-refractivity contribution in [1.82, 2.24) is 14.5 Å². The van der Waals surface area contributed by atoms with Gasteiger partial charge in [0.2, 0.25) is 5.71 Å². The van der Waals surface area contributed by atoms with Gasteiger partial charge in [0, 0.05) is 36.9 Å². The van der Waals surface area contributed by atoms with Crippen molar-refractivity contribution in [2.45, 2.75) is 0 Å². The van der Waals surface area contributed by atoms with Gasteiger partial charge in [-0.3, -0.25) is 4.90 Å². The van der Waals surface area contributed by atoms with Crippen molar-refractivity contribution in [3.8, 4) is 11.5 Å². The summed E-state index contributed by atoms with van der Waals surface area (Å²) >= 11 is 0. The van der Waals surface area contributed by atoms with Crippen LogP contribution in [0, 0.1) is 0 Å². The number of ether oxygens (including phenoxy) is 2. The zero-order chi connectivity index (χ0) is 30.6. The second-order valence-electron chi connectivity index (χ2n) is 10.1. The Hall–Kier alpha value is -5.32. The molecule has 0 bridgehead atoms. The first-order valence-electron chi connectivity index (χ1n) is 14.1. The van der Waals surface area contributed by atoms with E-state index in [1.807, 2.05) is 141 Å². The van der Waals surface area contributed by atoms with Crippen molar-refractivity contribution in [3.63, 3.8) is 0 Å². The molecule has 0 unspecified atom stereocenters. The molecule has 0 saturated heterocycles. The Morgan fingerprint density at radius 1 is 0.605 bits per heavy atom. The summed E-state index contributed by atoms with van der Waals surface area (Å²) < 4.78 is 15.9. The molecule has 0 aliphatic heterocycles. The topological polar surface area (TPSA) is 51.4 Å². The van der Waals surface area contributed by atoms with E-state index in [0.29, 0.717) is 0 Å². The van der Waals surface area contributed by atoms with E-state index in [9.17, 15) is 0 Å². The molecule has 0 atom stereocenters. The maximum atomic E-state index is 5.40. The zero-order valence-corrected chi connectivity index (χ0v) is 25.7. The SMILES string of the molecule is COc1ccc(C(/C=C/C=C(\N=C(c2ccccc2)N(C)C)c2ccc(OC)cc2)=[N+]=C(c2ccccc2)N(C)C)cc1. The third kappa shape index (κ3) is 8.35. The van der Waals surface area contributed by atoms with Gasteiger partial charge in [-0.2, -0.15) is 0 Å². The van der Waals surface area contributed by atoms with Crippen LogP contribution in [0.1, 0.15) is 22.3 Å². The number of amidine groups is 2. The summed E-state index contributed by atoms with van der Waals surface area (Å²) in [5, 5.41) is 0. The average molecular weight is 572 g/mol. The van der Waals surface area contributed by atoms with Gasteiger partial charge in [0.25, 0.3) is 0 Å². The highest BCUT2D eigenvalue weighted by Gasteiger charge is 2.17. The van der Waals surface area contributed by atoms with E-state index in [1.54, 1.807) is 14.2 Å². The predicted octanol–water partition coefficient (Wildman–Crippen LogP) is 6.17. The van der Waals surface area contributed by atoms with E-state index in [4.69, 9.17) is 19.1 Å². The second kappa shape index (κ2) is 15.1. The van der Waals surface area contributed by atoms with Crippen molar-refractivity contribution in [1.29, 1.82) is 0 Å². The molecule has 218 valence electrons. The minimum absolute atomic E-state index is 0.792. The van der Waals surface area contributed by atoms with Gasteiger partial charge in [0.05, 0.1) is 39.6 Å². The highest BCUT2D eigenvalue weighted by Crippen LogP contribution is 2.22. The Labute approximate surface area is 255 Å². The minimum Gasteiger partial charge on any atom is -0.497 e. The van der Waals surface area contributed by atoms with Gasteiger partial charge in [0.1, 0.15) is 17.3 Å². The third-order valence-corrected chi connectivity index (χ3v) is 6.64. The molecule has 4 rings (SSSR count). The quantitative estimate of drug-likeness (QED) is 0.104. The lowest BCUT2D eigenvalue weighted by molar-refractivity contribution is 0.414. The van der Waals surface area contributed by atoms with Gasteiger partial charge in [0.15, 0.2) is 0 Å². The van der Waals surface area contributed by atoms with Crippen LogP contribution in [0.4, 0.5) is 0 Å². The van der Waals surface area contributed by atoms with Crippen LogP contribution in [-0.2, 0) is 0 Å². The fourth-order valence-corrected chi connectivity index (χ4v) is 4.40. The van der Waals surface area contributed by atoms with Crippen LogP contribution in [0.25, 0.3) is 5.70 Å². The van der Waals surface area contributed by atoms with Gasteiger partial charge in [-0.25, -0.2) is 9.66 Å². The highest BCUT2D eigenvalue weighted by atomic mass is 16.5. The van der Waals surface area contributed by atoms with Gasteiger partial charge in [-0.05, 0) is 66.7 Å². The van der Waals surface area contributed by atoms with Gasteiger partial charge in [-0.15, -0.1) is 0 Å². The van der Waals surface area contributed by atoms with E-state index in [0.717, 1.165) is 56.8 Å². The molecule has 0 N–H and O–H groups in total. The van der Waals surface area contributed by atoms with Crippen LogP contribution in [0.2, 0.25) is 0 Å². The molecular formula is C37H39N4O2+. The third-order valence-electron chi connectivity index (χ3n) is 6.64. The lowest BCUT2D eigenvalue weighted by Gasteiger charge is -2.17. The molecular weight excluding hydrogens is 532 g/mol. The summed E-state index contributed by atoms with van der Waals surface area (Å²) in [6, 6.07) is 36.2. The Bertz CT molecular complexity index is 1630. The van der Waals surface area contributed by atoms with Gasteiger partial charge < -0.3 is 14.4 Å². The van der Waals surface area contributed by atoms with E-state index >= 15 is 0 Å². The Morgan fingerprint density at radius 2 is 1.12 bits per heavy atom. The zero-order valence-electron chi connectivity index (χ0n) is 25.7. The summed E-state index contributed by atoms with van der Waals surface area (Å²) in [6.07, 6.45) is 6.04. The average Bonchev–Trinajstić information content (AvgIpc) is 3.04. The van der Waals surface area contributed by atoms with Crippen LogP contribution in [0.3, 0.4) is 0 Å². The summed E-state index contributed by atoms with van der Waals surface area (Å²) in [4.78, 5) is 9.20. The molecule has 0 aliphatic rings. The molecule has 4 aromatic carbocycles. The Balaban J connectivity index is 1.89. The van der Waals surface area contributed by atoms with Gasteiger partial charge >= 0.3 is 5.84 Å². The van der Waals surface area contributed by atoms with Crippen LogP contribution in [0.5, 0.6) is 11.5 Å². The molecule has 6 nitrogen and oxygen atoms in total. The Morgan fingerprint density at radius 3 is 1.60 bits per heavy atom. The number of methoxy groups -OCH3 is 2.